The van der Waals surface area contributed by atoms with E-state index in [4.69, 9.17) is 0 Å². The highest BCUT2D eigenvalue weighted by Crippen LogP contribution is 2.53. The van der Waals surface area contributed by atoms with Crippen LogP contribution in [0.4, 0.5) is 4.39 Å². The van der Waals surface area contributed by atoms with E-state index in [2.05, 4.69) is 0 Å². The van der Waals surface area contributed by atoms with Gasteiger partial charge in [-0.25, -0.2) is 9.18 Å². The summed E-state index contributed by atoms with van der Waals surface area (Å²) in [6.07, 6.45) is 4.35. The molecule has 38 heavy (non-hydrogen) atoms. The highest BCUT2D eigenvalue weighted by molar-refractivity contribution is 7.10. The van der Waals surface area contributed by atoms with Gasteiger partial charge < -0.3 is 10.0 Å². The number of carbonyl (C=O) groups excluding carboxylic acids is 2. The van der Waals surface area contributed by atoms with E-state index >= 15 is 0 Å². The number of nitrogens with zero attached hydrogens (tertiary/aromatic N) is 1. The first-order valence-electron chi connectivity index (χ1n) is 13.2. The maximum atomic E-state index is 14.4. The normalized spacial score (nSPS) is 23.9. The number of halogens is 1. The molecule has 5 rings (SSSR count). The van der Waals surface area contributed by atoms with E-state index in [1.807, 2.05) is 43.5 Å². The predicted octanol–water partition coefficient (Wildman–Crippen LogP) is 6.70. The van der Waals surface area contributed by atoms with Crippen LogP contribution in [0.3, 0.4) is 0 Å². The molecule has 1 saturated carbocycles. The maximum absolute atomic E-state index is 14.4. The molecule has 2 fully saturated rings. The summed E-state index contributed by atoms with van der Waals surface area (Å²) in [6, 6.07) is 12.9. The zero-order valence-corrected chi connectivity index (χ0v) is 22.4. The van der Waals surface area contributed by atoms with Crippen LogP contribution < -0.4 is 0 Å². The van der Waals surface area contributed by atoms with Crippen LogP contribution in [0.1, 0.15) is 76.0 Å². The highest BCUT2D eigenvalue weighted by Gasteiger charge is 2.58. The van der Waals surface area contributed by atoms with Gasteiger partial charge in [-0.1, -0.05) is 55.2 Å². The second-order valence-corrected chi connectivity index (χ2v) is 11.6. The number of carboxylic acids is 1. The number of rotatable bonds is 6. The first-order chi connectivity index (χ1) is 18.3. The van der Waals surface area contributed by atoms with Gasteiger partial charge >= 0.3 is 5.97 Å². The molecule has 7 heteroatoms. The summed E-state index contributed by atoms with van der Waals surface area (Å²) in [5.41, 5.74) is 2.87. The van der Waals surface area contributed by atoms with Gasteiger partial charge in [0.2, 0.25) is 5.91 Å². The van der Waals surface area contributed by atoms with E-state index in [1.54, 1.807) is 18.2 Å². The van der Waals surface area contributed by atoms with Crippen LogP contribution >= 0.6 is 11.3 Å². The zero-order chi connectivity index (χ0) is 27.0. The van der Waals surface area contributed by atoms with Crippen molar-refractivity contribution in [3.63, 3.8) is 0 Å². The molecule has 198 valence electrons. The van der Waals surface area contributed by atoms with Crippen LogP contribution in [0, 0.1) is 31.5 Å². The summed E-state index contributed by atoms with van der Waals surface area (Å²) in [7, 11) is 0. The van der Waals surface area contributed by atoms with E-state index in [9.17, 15) is 23.9 Å². The summed E-state index contributed by atoms with van der Waals surface area (Å²) in [5, 5.41) is 12.6. The smallest absolute Gasteiger partial charge is 0.327 e. The lowest BCUT2D eigenvalue weighted by Crippen LogP contribution is -2.46. The van der Waals surface area contributed by atoms with Gasteiger partial charge in [0.05, 0.1) is 12.0 Å². The second-order valence-electron chi connectivity index (χ2n) is 10.6. The minimum atomic E-state index is -1.25. The van der Waals surface area contributed by atoms with Gasteiger partial charge in [0, 0.05) is 22.3 Å². The van der Waals surface area contributed by atoms with Crippen molar-refractivity contribution in [3.05, 3.63) is 92.9 Å². The van der Waals surface area contributed by atoms with Crippen molar-refractivity contribution < 1.29 is 23.9 Å². The molecule has 4 unspecified atom stereocenters. The van der Waals surface area contributed by atoms with Gasteiger partial charge in [-0.05, 0) is 67.5 Å². The summed E-state index contributed by atoms with van der Waals surface area (Å²) in [6.45, 7) is 3.84. The molecular formula is C31H32FNO4S. The predicted molar refractivity (Wildman–Crippen MR) is 145 cm³/mol. The molecule has 2 aromatic carbocycles. The van der Waals surface area contributed by atoms with Crippen molar-refractivity contribution in [2.24, 2.45) is 11.8 Å². The molecule has 0 bridgehead atoms. The second kappa shape index (κ2) is 10.8. The molecule has 1 aromatic heterocycles. The van der Waals surface area contributed by atoms with Gasteiger partial charge in [-0.3, -0.25) is 9.59 Å². The largest absolute Gasteiger partial charge is 0.480 e. The van der Waals surface area contributed by atoms with Gasteiger partial charge in [-0.2, -0.15) is 0 Å². The van der Waals surface area contributed by atoms with Crippen LogP contribution in [0.15, 0.2) is 60.0 Å². The lowest BCUT2D eigenvalue weighted by molar-refractivity contribution is -0.152. The number of carbonyl (C=O) groups is 3. The van der Waals surface area contributed by atoms with Crippen molar-refractivity contribution in [2.45, 2.75) is 64.0 Å². The Hall–Kier alpha value is -3.32. The molecule has 3 aromatic rings. The standard InChI is InChI=1S/C31H32FNO4S/c1-18-7-6-10-22(17-18)28(34)25-24(20-11-13-23(32)14-12-20)27(31(36)37)33(26(25)29-19(2)15-16-38-29)30(35)21-8-4-3-5-9-21/h6-7,10-17,21,24-27H,3-5,8-9H2,1-2H3,(H,36,37). The topological polar surface area (TPSA) is 74.7 Å². The molecule has 2 aliphatic rings. The fourth-order valence-electron chi connectivity index (χ4n) is 6.37. The number of Topliss-reactive ketones (excluding diaryl/α,β-unsaturated/α-hetero) is 1. The number of ketones is 1. The van der Waals surface area contributed by atoms with Crippen molar-refractivity contribution in [2.75, 3.05) is 0 Å². The summed E-state index contributed by atoms with van der Waals surface area (Å²) in [4.78, 5) is 44.0. The molecule has 4 atom stereocenters. The van der Waals surface area contributed by atoms with E-state index in [0.29, 0.717) is 11.1 Å². The number of thiophene rings is 1. The third-order valence-electron chi connectivity index (χ3n) is 8.16. The van der Waals surface area contributed by atoms with Crippen LogP contribution in [0.5, 0.6) is 0 Å². The molecular weight excluding hydrogens is 501 g/mol. The van der Waals surface area contributed by atoms with E-state index in [-0.39, 0.29) is 17.6 Å². The minimum Gasteiger partial charge on any atom is -0.480 e. The molecule has 0 spiro atoms. The molecule has 1 amide bonds. The molecule has 1 N–H and O–H groups in total. The fourth-order valence-corrected chi connectivity index (χ4v) is 7.44. The van der Waals surface area contributed by atoms with Crippen LogP contribution in [0.2, 0.25) is 0 Å². The van der Waals surface area contributed by atoms with Crippen molar-refractivity contribution in [1.82, 2.24) is 4.90 Å². The number of benzene rings is 2. The first kappa shape index (κ1) is 26.3. The monoisotopic (exact) mass is 533 g/mol. The Balaban J connectivity index is 1.73. The quantitative estimate of drug-likeness (QED) is 0.358. The average molecular weight is 534 g/mol. The van der Waals surface area contributed by atoms with Gasteiger partial charge in [-0.15, -0.1) is 11.3 Å². The van der Waals surface area contributed by atoms with Gasteiger partial charge in [0.1, 0.15) is 11.9 Å². The Morgan fingerprint density at radius 3 is 2.29 bits per heavy atom. The van der Waals surface area contributed by atoms with Gasteiger partial charge in [0.15, 0.2) is 5.78 Å². The van der Waals surface area contributed by atoms with Crippen LogP contribution in [-0.2, 0) is 9.59 Å². The lowest BCUT2D eigenvalue weighted by Gasteiger charge is -2.34. The molecule has 5 nitrogen and oxygen atoms in total. The Kier molecular flexibility index (Phi) is 7.48. The number of amides is 1. The fraction of sp³-hybridized carbons (Fsp3) is 0.387. The molecule has 1 saturated heterocycles. The molecule has 1 aliphatic carbocycles. The number of carboxylic acid groups (broad SMARTS) is 1. The molecule has 1 aliphatic heterocycles. The number of aryl methyl sites for hydroxylation is 2. The average Bonchev–Trinajstić information content (AvgIpc) is 3.49. The highest BCUT2D eigenvalue weighted by atomic mass is 32.1. The Morgan fingerprint density at radius 1 is 0.974 bits per heavy atom. The minimum absolute atomic E-state index is 0.193. The first-order valence-corrected chi connectivity index (χ1v) is 14.1. The van der Waals surface area contributed by atoms with Crippen LogP contribution in [0.25, 0.3) is 0 Å². The Labute approximate surface area is 226 Å². The number of hydrogen-bond acceptors (Lipinski definition) is 4. The maximum Gasteiger partial charge on any atom is 0.327 e. The van der Waals surface area contributed by atoms with Crippen molar-refractivity contribution in [1.29, 1.82) is 0 Å². The van der Waals surface area contributed by atoms with Gasteiger partial charge in [0.25, 0.3) is 0 Å². The third kappa shape index (κ3) is 4.80. The number of aliphatic carboxylic acids is 1. The van der Waals surface area contributed by atoms with E-state index < -0.39 is 35.7 Å². The number of hydrogen-bond donors (Lipinski definition) is 1. The summed E-state index contributed by atoms with van der Waals surface area (Å²) >= 11 is 1.45. The van der Waals surface area contributed by atoms with E-state index in [0.717, 1.165) is 48.1 Å². The SMILES string of the molecule is Cc1cccc(C(=O)C2C(c3ccc(F)cc3)C(C(=O)O)N(C(=O)C3CCCCC3)C2c2sccc2C)c1. The molecule has 2 heterocycles. The number of likely N-dealkylation sites (tertiary alicyclic amines) is 1. The molecule has 0 radical (unpaired) electrons. The summed E-state index contributed by atoms with van der Waals surface area (Å²) in [5.74, 6) is -3.93. The van der Waals surface area contributed by atoms with Crippen molar-refractivity contribution >= 4 is 29.0 Å². The summed E-state index contributed by atoms with van der Waals surface area (Å²) < 4.78 is 13.9. The Morgan fingerprint density at radius 2 is 1.68 bits per heavy atom. The Bertz CT molecular complexity index is 1340. The van der Waals surface area contributed by atoms with Crippen molar-refractivity contribution in [3.8, 4) is 0 Å². The zero-order valence-electron chi connectivity index (χ0n) is 21.6. The third-order valence-corrected chi connectivity index (χ3v) is 9.25. The van der Waals surface area contributed by atoms with E-state index in [1.165, 1.54) is 28.4 Å². The van der Waals surface area contributed by atoms with Crippen LogP contribution in [-0.4, -0.2) is 33.7 Å². The lowest BCUT2D eigenvalue weighted by atomic mass is 9.77.